The van der Waals surface area contributed by atoms with E-state index >= 15 is 0 Å². The molecule has 2 N–H and O–H groups in total. The molecule has 0 aliphatic carbocycles. The van der Waals surface area contributed by atoms with E-state index in [1.807, 2.05) is 30.3 Å². The summed E-state index contributed by atoms with van der Waals surface area (Å²) in [5, 5.41) is 0. The molecule has 1 aliphatic heterocycles. The minimum Gasteiger partial charge on any atom is -0.405 e. The molecule has 4 nitrogen and oxygen atoms in total. The molecule has 2 rings (SSSR count). The van der Waals surface area contributed by atoms with Crippen molar-refractivity contribution in [1.29, 1.82) is 0 Å². The molecule has 0 aromatic heterocycles. The van der Waals surface area contributed by atoms with Crippen molar-refractivity contribution in [1.82, 2.24) is 4.90 Å². The van der Waals surface area contributed by atoms with Gasteiger partial charge in [0, 0.05) is 13.0 Å². The number of amides is 2. The van der Waals surface area contributed by atoms with Crippen LogP contribution in [0.25, 0.3) is 0 Å². The summed E-state index contributed by atoms with van der Waals surface area (Å²) in [5.74, 6) is -0.462. The zero-order valence-electron chi connectivity index (χ0n) is 10.1. The van der Waals surface area contributed by atoms with Gasteiger partial charge < -0.3 is 5.73 Å². The van der Waals surface area contributed by atoms with Gasteiger partial charge in [-0.2, -0.15) is 0 Å². The molecule has 1 heterocycles. The number of nitrogens with two attached hydrogens (primary N) is 1. The molecule has 1 atom stereocenters. The average Bonchev–Trinajstić information content (AvgIpc) is 2.40. The third kappa shape index (κ3) is 2.42. The van der Waals surface area contributed by atoms with Crippen molar-refractivity contribution in [2.75, 3.05) is 6.54 Å². The second kappa shape index (κ2) is 5.49. The maximum Gasteiger partial charge on any atom is 0.237 e. The smallest absolute Gasteiger partial charge is 0.237 e. The fourth-order valence-electron chi connectivity index (χ4n) is 2.19. The number of carbonyl (C=O) groups excluding carboxylic acids is 2. The van der Waals surface area contributed by atoms with Crippen LogP contribution >= 0.6 is 0 Å². The van der Waals surface area contributed by atoms with E-state index in [4.69, 9.17) is 5.73 Å². The number of imide groups is 1. The molecule has 18 heavy (non-hydrogen) atoms. The van der Waals surface area contributed by atoms with E-state index in [2.05, 4.69) is 0 Å². The summed E-state index contributed by atoms with van der Waals surface area (Å²) in [5.41, 5.74) is 6.22. The van der Waals surface area contributed by atoms with E-state index < -0.39 is 0 Å². The molecule has 1 unspecified atom stereocenters. The van der Waals surface area contributed by atoms with E-state index in [9.17, 15) is 9.59 Å². The maximum atomic E-state index is 12.3. The Balaban J connectivity index is 2.20. The van der Waals surface area contributed by atoms with Crippen molar-refractivity contribution in [3.05, 3.63) is 48.2 Å². The van der Waals surface area contributed by atoms with Crippen LogP contribution in [0.5, 0.6) is 0 Å². The van der Waals surface area contributed by atoms with E-state index in [0.29, 0.717) is 12.8 Å². The SMILES string of the molecule is NC=CCN1C(=O)CCC(c2ccccc2)C1=O. The van der Waals surface area contributed by atoms with Crippen LogP contribution in [0.4, 0.5) is 0 Å². The number of hydrogen-bond acceptors (Lipinski definition) is 3. The first-order chi connectivity index (χ1) is 8.74. The molecule has 94 valence electrons. The first kappa shape index (κ1) is 12.4. The summed E-state index contributed by atoms with van der Waals surface area (Å²) in [4.78, 5) is 25.3. The summed E-state index contributed by atoms with van der Waals surface area (Å²) < 4.78 is 0. The molecular formula is C14H16N2O2. The number of piperidine rings is 1. The second-order valence-electron chi connectivity index (χ2n) is 4.27. The lowest BCUT2D eigenvalue weighted by molar-refractivity contribution is -0.148. The third-order valence-electron chi connectivity index (χ3n) is 3.14. The van der Waals surface area contributed by atoms with E-state index in [0.717, 1.165) is 5.56 Å². The highest BCUT2D eigenvalue weighted by Gasteiger charge is 2.34. The maximum absolute atomic E-state index is 12.3. The Morgan fingerprint density at radius 1 is 1.28 bits per heavy atom. The van der Waals surface area contributed by atoms with Gasteiger partial charge in [-0.15, -0.1) is 0 Å². The number of hydrogen-bond donors (Lipinski definition) is 1. The van der Waals surface area contributed by atoms with Crippen LogP contribution in [0, 0.1) is 0 Å². The number of carbonyl (C=O) groups is 2. The molecule has 1 aromatic carbocycles. The van der Waals surface area contributed by atoms with Crippen LogP contribution in [0.1, 0.15) is 24.3 Å². The monoisotopic (exact) mass is 244 g/mol. The van der Waals surface area contributed by atoms with Gasteiger partial charge in [0.25, 0.3) is 0 Å². The predicted octanol–water partition coefficient (Wildman–Crippen LogP) is 1.39. The summed E-state index contributed by atoms with van der Waals surface area (Å²) >= 11 is 0. The average molecular weight is 244 g/mol. The highest BCUT2D eigenvalue weighted by atomic mass is 16.2. The van der Waals surface area contributed by atoms with Crippen molar-refractivity contribution >= 4 is 11.8 Å². The predicted molar refractivity (Wildman–Crippen MR) is 68.5 cm³/mol. The summed E-state index contributed by atoms with van der Waals surface area (Å²) in [7, 11) is 0. The Hall–Kier alpha value is -2.10. The van der Waals surface area contributed by atoms with E-state index in [1.165, 1.54) is 11.1 Å². The van der Waals surface area contributed by atoms with Gasteiger partial charge in [-0.1, -0.05) is 30.3 Å². The minimum atomic E-state index is -0.213. The Morgan fingerprint density at radius 2 is 2.00 bits per heavy atom. The molecule has 1 saturated heterocycles. The van der Waals surface area contributed by atoms with Gasteiger partial charge in [0.1, 0.15) is 0 Å². The normalized spacial score (nSPS) is 20.7. The Kier molecular flexibility index (Phi) is 3.77. The van der Waals surface area contributed by atoms with Crippen LogP contribution in [-0.2, 0) is 9.59 Å². The van der Waals surface area contributed by atoms with Crippen LogP contribution < -0.4 is 5.73 Å². The largest absolute Gasteiger partial charge is 0.405 e. The van der Waals surface area contributed by atoms with Crippen LogP contribution in [0.3, 0.4) is 0 Å². The van der Waals surface area contributed by atoms with Crippen LogP contribution in [-0.4, -0.2) is 23.3 Å². The Morgan fingerprint density at radius 3 is 2.67 bits per heavy atom. The molecule has 1 aliphatic rings. The van der Waals surface area contributed by atoms with Crippen molar-refractivity contribution in [2.24, 2.45) is 5.73 Å². The standard InChI is InChI=1S/C14H16N2O2/c15-9-4-10-16-13(17)8-7-12(14(16)18)11-5-2-1-3-6-11/h1-6,9,12H,7-8,10,15H2. The van der Waals surface area contributed by atoms with Gasteiger partial charge in [-0.05, 0) is 24.3 Å². The molecular weight excluding hydrogens is 228 g/mol. The lowest BCUT2D eigenvalue weighted by atomic mass is 9.89. The quantitative estimate of drug-likeness (QED) is 0.817. The first-order valence-electron chi connectivity index (χ1n) is 6.00. The summed E-state index contributed by atoms with van der Waals surface area (Å²) in [6, 6.07) is 9.58. The molecule has 0 radical (unpaired) electrons. The molecule has 2 amide bonds. The Bertz CT molecular complexity index is 468. The van der Waals surface area contributed by atoms with Crippen molar-refractivity contribution < 1.29 is 9.59 Å². The number of rotatable bonds is 3. The molecule has 1 aromatic rings. The molecule has 0 bridgehead atoms. The van der Waals surface area contributed by atoms with Gasteiger partial charge >= 0.3 is 0 Å². The first-order valence-corrected chi connectivity index (χ1v) is 6.00. The second-order valence-corrected chi connectivity index (χ2v) is 4.27. The van der Waals surface area contributed by atoms with E-state index in [-0.39, 0.29) is 24.3 Å². The summed E-state index contributed by atoms with van der Waals surface area (Å²) in [6.45, 7) is 0.261. The highest BCUT2D eigenvalue weighted by molar-refractivity contribution is 6.01. The topological polar surface area (TPSA) is 63.4 Å². The van der Waals surface area contributed by atoms with Crippen molar-refractivity contribution in [2.45, 2.75) is 18.8 Å². The fraction of sp³-hybridized carbons (Fsp3) is 0.286. The van der Waals surface area contributed by atoms with E-state index in [1.54, 1.807) is 6.08 Å². The number of likely N-dealkylation sites (tertiary alicyclic amines) is 1. The summed E-state index contributed by atoms with van der Waals surface area (Å²) in [6.07, 6.45) is 3.96. The fourth-order valence-corrected chi connectivity index (χ4v) is 2.19. The number of nitrogens with zero attached hydrogens (tertiary/aromatic N) is 1. The number of benzene rings is 1. The minimum absolute atomic E-state index is 0.120. The van der Waals surface area contributed by atoms with Gasteiger partial charge in [0.05, 0.1) is 5.92 Å². The van der Waals surface area contributed by atoms with Gasteiger partial charge in [-0.3, -0.25) is 14.5 Å². The third-order valence-corrected chi connectivity index (χ3v) is 3.14. The highest BCUT2D eigenvalue weighted by Crippen LogP contribution is 2.28. The molecule has 4 heteroatoms. The zero-order chi connectivity index (χ0) is 13.0. The van der Waals surface area contributed by atoms with Crippen LogP contribution in [0.2, 0.25) is 0 Å². The van der Waals surface area contributed by atoms with Gasteiger partial charge in [0.15, 0.2) is 0 Å². The zero-order valence-corrected chi connectivity index (χ0v) is 10.1. The lowest BCUT2D eigenvalue weighted by Gasteiger charge is -2.30. The molecule has 0 saturated carbocycles. The van der Waals surface area contributed by atoms with Gasteiger partial charge in [-0.25, -0.2) is 0 Å². The van der Waals surface area contributed by atoms with Crippen molar-refractivity contribution in [3.8, 4) is 0 Å². The Labute approximate surface area is 106 Å². The lowest BCUT2D eigenvalue weighted by Crippen LogP contribution is -2.44. The van der Waals surface area contributed by atoms with Crippen LogP contribution in [0.15, 0.2) is 42.6 Å². The van der Waals surface area contributed by atoms with Crippen molar-refractivity contribution in [3.63, 3.8) is 0 Å². The molecule has 0 spiro atoms. The molecule has 1 fully saturated rings. The van der Waals surface area contributed by atoms with Gasteiger partial charge in [0.2, 0.25) is 11.8 Å².